The van der Waals surface area contributed by atoms with Crippen molar-refractivity contribution in [2.45, 2.75) is 109 Å². The Morgan fingerprint density at radius 1 is 0.955 bits per heavy atom. The minimum absolute atomic E-state index is 0.117. The third-order valence-corrected chi connectivity index (χ3v) is 9.14. The quantitative estimate of drug-likeness (QED) is 0.277. The van der Waals surface area contributed by atoms with E-state index in [-0.39, 0.29) is 10.7 Å². The Bertz CT molecular complexity index is 1340. The van der Waals surface area contributed by atoms with E-state index in [0.717, 1.165) is 43.5 Å². The molecule has 1 heterocycles. The van der Waals surface area contributed by atoms with E-state index in [1.165, 1.54) is 81.3 Å². The van der Waals surface area contributed by atoms with Crippen molar-refractivity contribution in [3.63, 3.8) is 0 Å². The summed E-state index contributed by atoms with van der Waals surface area (Å²) >= 11 is 0. The number of imidazole rings is 1. The molecule has 2 aliphatic rings. The van der Waals surface area contributed by atoms with Gasteiger partial charge in [-0.25, -0.2) is 26.9 Å². The zero-order valence-electron chi connectivity index (χ0n) is 27.6. The molecule has 2 N–H and O–H groups in total. The largest absolute Gasteiger partial charge is 0.340 e. The highest BCUT2D eigenvalue weighted by molar-refractivity contribution is 7.89. The van der Waals surface area contributed by atoms with Gasteiger partial charge in [-0.15, -0.1) is 0 Å². The summed E-state index contributed by atoms with van der Waals surface area (Å²) in [4.78, 5) is 4.22. The van der Waals surface area contributed by atoms with Gasteiger partial charge in [-0.2, -0.15) is 0 Å². The summed E-state index contributed by atoms with van der Waals surface area (Å²) in [5.74, 6) is 0.340. The number of sulfonamides is 1. The van der Waals surface area contributed by atoms with Gasteiger partial charge in [-0.05, 0) is 87.0 Å². The Hall–Kier alpha value is -2.62. The van der Waals surface area contributed by atoms with Crippen LogP contribution in [0.4, 0.5) is 8.78 Å². The highest BCUT2D eigenvalue weighted by atomic mass is 32.2. The summed E-state index contributed by atoms with van der Waals surface area (Å²) < 4.78 is 52.7. The summed E-state index contributed by atoms with van der Waals surface area (Å²) in [6.45, 7) is 9.62. The van der Waals surface area contributed by atoms with Crippen LogP contribution in [0.1, 0.15) is 102 Å². The fourth-order valence-electron chi connectivity index (χ4n) is 5.66. The lowest BCUT2D eigenvalue weighted by atomic mass is 9.76. The van der Waals surface area contributed by atoms with Crippen molar-refractivity contribution in [2.24, 2.45) is 13.0 Å². The molecule has 0 amide bonds. The van der Waals surface area contributed by atoms with Crippen LogP contribution in [-0.2, 0) is 29.9 Å². The molecule has 3 aromatic rings. The third kappa shape index (κ3) is 12.1. The molecule has 0 bridgehead atoms. The van der Waals surface area contributed by atoms with Gasteiger partial charge in [0, 0.05) is 25.2 Å². The molecule has 0 saturated heterocycles. The monoisotopic (exact) mass is 632 g/mol. The van der Waals surface area contributed by atoms with E-state index in [9.17, 15) is 17.2 Å². The van der Waals surface area contributed by atoms with E-state index in [2.05, 4.69) is 44.2 Å². The van der Waals surface area contributed by atoms with Crippen molar-refractivity contribution < 1.29 is 17.2 Å². The van der Waals surface area contributed by atoms with Gasteiger partial charge in [0.1, 0.15) is 16.5 Å². The second-order valence-electron chi connectivity index (χ2n) is 11.8. The van der Waals surface area contributed by atoms with E-state index in [1.54, 1.807) is 12.1 Å². The van der Waals surface area contributed by atoms with Gasteiger partial charge in [-0.1, -0.05) is 78.0 Å². The molecule has 9 heteroatoms. The van der Waals surface area contributed by atoms with Crippen LogP contribution in [0.5, 0.6) is 0 Å². The van der Waals surface area contributed by atoms with Crippen molar-refractivity contribution in [1.82, 2.24) is 19.6 Å². The van der Waals surface area contributed by atoms with Crippen LogP contribution >= 0.6 is 0 Å². The molecule has 2 atom stereocenters. The lowest BCUT2D eigenvalue weighted by Crippen LogP contribution is -2.42. The molecular formula is C35H54F2N4O2S. The Balaban J connectivity index is 0.000000313. The number of hydrogen-bond acceptors (Lipinski definition) is 4. The molecule has 1 fully saturated rings. The zero-order chi connectivity index (χ0) is 32.5. The number of hydrogen-bond donors (Lipinski definition) is 2. The molecule has 1 aromatic heterocycles. The summed E-state index contributed by atoms with van der Waals surface area (Å²) in [5, 5.41) is 3.90. The Labute approximate surface area is 265 Å². The zero-order valence-corrected chi connectivity index (χ0v) is 28.4. The third-order valence-electron chi connectivity index (χ3n) is 7.69. The molecular weight excluding hydrogens is 578 g/mol. The second-order valence-corrected chi connectivity index (χ2v) is 13.6. The summed E-state index contributed by atoms with van der Waals surface area (Å²) in [6, 6.07) is 11.0. The Morgan fingerprint density at radius 3 is 2.20 bits per heavy atom. The highest BCUT2D eigenvalue weighted by Gasteiger charge is 2.31. The van der Waals surface area contributed by atoms with E-state index in [4.69, 9.17) is 0 Å². The number of nitrogens with zero attached hydrogens (tertiary/aromatic N) is 2. The molecule has 2 aliphatic carbocycles. The van der Waals surface area contributed by atoms with Crippen LogP contribution in [-0.4, -0.2) is 37.6 Å². The van der Waals surface area contributed by atoms with Gasteiger partial charge in [-0.3, -0.25) is 0 Å². The summed E-state index contributed by atoms with van der Waals surface area (Å²) in [5.41, 5.74) is 3.62. The molecule has 0 spiro atoms. The van der Waals surface area contributed by atoms with Gasteiger partial charge in [0.25, 0.3) is 0 Å². The smallest absolute Gasteiger partial charge is 0.243 e. The van der Waals surface area contributed by atoms with Crippen LogP contribution in [0.15, 0.2) is 59.9 Å². The van der Waals surface area contributed by atoms with E-state index >= 15 is 0 Å². The lowest BCUT2D eigenvalue weighted by Gasteiger charge is -2.35. The fourth-order valence-corrected chi connectivity index (χ4v) is 6.46. The van der Waals surface area contributed by atoms with Crippen molar-refractivity contribution in [3.8, 4) is 0 Å². The van der Waals surface area contributed by atoms with Gasteiger partial charge in [0.2, 0.25) is 10.0 Å². The van der Waals surface area contributed by atoms with E-state index < -0.39 is 15.8 Å². The van der Waals surface area contributed by atoms with Crippen LogP contribution in [0, 0.1) is 17.6 Å². The van der Waals surface area contributed by atoms with E-state index in [1.807, 2.05) is 28.7 Å². The average Bonchev–Trinajstić information content (AvgIpc) is 3.42. The molecule has 5 rings (SSSR count). The minimum Gasteiger partial charge on any atom is -0.340 e. The maximum Gasteiger partial charge on any atom is 0.243 e. The average molecular weight is 633 g/mol. The number of aryl methyl sites for hydroxylation is 2. The first-order chi connectivity index (χ1) is 21.1. The number of aromatic nitrogens is 2. The second kappa shape index (κ2) is 19.7. The topological polar surface area (TPSA) is 76.0 Å². The van der Waals surface area contributed by atoms with E-state index in [0.29, 0.717) is 12.0 Å². The van der Waals surface area contributed by atoms with Crippen molar-refractivity contribution >= 4 is 10.0 Å². The summed E-state index contributed by atoms with van der Waals surface area (Å²) in [7, 11) is -0.403. The number of benzene rings is 2. The number of nitrogens with one attached hydrogen (secondary N) is 2. The Kier molecular flexibility index (Phi) is 16.8. The molecule has 0 radical (unpaired) electrons. The molecule has 1 saturated carbocycles. The molecule has 44 heavy (non-hydrogen) atoms. The predicted octanol–water partition coefficient (Wildman–Crippen LogP) is 7.94. The number of halogens is 2. The normalized spacial score (nSPS) is 18.0. The molecule has 0 aliphatic heterocycles. The maximum absolute atomic E-state index is 13.7. The van der Waals surface area contributed by atoms with Crippen molar-refractivity contribution in [2.75, 3.05) is 13.6 Å². The lowest BCUT2D eigenvalue weighted by molar-refractivity contribution is 0.300. The SMILES string of the molecule is CCC.CCC.CNS(=O)(=O)c1ccccc1F.Cn1cnc(CC2c3ccc(F)cc3CCC2NCC2CCCCC2)c1. The summed E-state index contributed by atoms with van der Waals surface area (Å²) in [6.07, 6.45) is 16.4. The first kappa shape index (κ1) is 37.6. The molecule has 2 aromatic carbocycles. The minimum atomic E-state index is -3.65. The molecule has 2 unspecified atom stereocenters. The predicted molar refractivity (Wildman–Crippen MR) is 177 cm³/mol. The van der Waals surface area contributed by atoms with Gasteiger partial charge >= 0.3 is 0 Å². The van der Waals surface area contributed by atoms with Crippen LogP contribution < -0.4 is 10.0 Å². The fraction of sp³-hybridized carbons (Fsp3) is 0.571. The van der Waals surface area contributed by atoms with Gasteiger partial charge in [0.05, 0.1) is 12.0 Å². The standard InChI is InChI=1S/C22H30FN3.C7H8FNO2S.2C3H8/c1-26-14-19(25-15-26)12-21-20-9-8-18(23)11-17(20)7-10-22(21)24-13-16-5-3-2-4-6-16;1-9-12(10,11)7-5-3-2-4-6(7)8;2*1-3-2/h8-9,11,14-16,21-22,24H,2-7,10,12-13H2,1H3;2-5,9H,1H3;2*3H2,1-2H3. The first-order valence-electron chi connectivity index (χ1n) is 16.3. The van der Waals surface area contributed by atoms with Crippen molar-refractivity contribution in [3.05, 3.63) is 83.4 Å². The van der Waals surface area contributed by atoms with Crippen molar-refractivity contribution in [1.29, 1.82) is 0 Å². The van der Waals surface area contributed by atoms with Crippen LogP contribution in [0.3, 0.4) is 0 Å². The molecule has 246 valence electrons. The van der Waals surface area contributed by atoms with Gasteiger partial charge < -0.3 is 9.88 Å². The van der Waals surface area contributed by atoms with Crippen LogP contribution in [0.25, 0.3) is 0 Å². The number of fused-ring (bicyclic) bond motifs is 1. The Morgan fingerprint density at radius 2 is 1.61 bits per heavy atom. The molecule has 6 nitrogen and oxygen atoms in total. The van der Waals surface area contributed by atoms with Crippen LogP contribution in [0.2, 0.25) is 0 Å². The highest BCUT2D eigenvalue weighted by Crippen LogP contribution is 2.35. The first-order valence-corrected chi connectivity index (χ1v) is 17.7. The van der Waals surface area contributed by atoms with Gasteiger partial charge in [0.15, 0.2) is 0 Å². The maximum atomic E-state index is 13.7. The number of rotatable bonds is 7.